The molecular weight excluding hydrogens is 222 g/mol. The summed E-state index contributed by atoms with van der Waals surface area (Å²) < 4.78 is 4.34. The quantitative estimate of drug-likeness (QED) is 0.815. The minimum absolute atomic E-state index is 0.0511. The van der Waals surface area contributed by atoms with Crippen molar-refractivity contribution in [3.8, 4) is 0 Å². The molecule has 0 bridgehead atoms. The molecule has 0 fully saturated rings. The molecule has 0 atom stereocenters. The number of carboxylic acids is 1. The zero-order valence-corrected chi connectivity index (χ0v) is 8.54. The van der Waals surface area contributed by atoms with E-state index >= 15 is 0 Å². The van der Waals surface area contributed by atoms with Crippen molar-refractivity contribution in [1.82, 2.24) is 0 Å². The highest BCUT2D eigenvalue weighted by molar-refractivity contribution is 6.31. The van der Waals surface area contributed by atoms with E-state index in [0.29, 0.717) is 5.02 Å². The van der Waals surface area contributed by atoms with Crippen LogP contribution < -0.4 is 5.32 Å². The van der Waals surface area contributed by atoms with Crippen LogP contribution >= 0.6 is 11.6 Å². The van der Waals surface area contributed by atoms with Crippen LogP contribution in [0.25, 0.3) is 0 Å². The number of ether oxygens (including phenoxy) is 1. The fourth-order valence-corrected chi connectivity index (χ4v) is 1.14. The van der Waals surface area contributed by atoms with Gasteiger partial charge in [0.25, 0.3) is 0 Å². The number of nitrogens with one attached hydrogen (secondary N) is 1. The second kappa shape index (κ2) is 4.65. The molecule has 0 saturated carbocycles. The molecule has 0 spiro atoms. The maximum Gasteiger partial charge on any atom is 0.411 e. The molecule has 0 aliphatic rings. The molecule has 0 saturated heterocycles. The van der Waals surface area contributed by atoms with Gasteiger partial charge in [0.2, 0.25) is 0 Å². The van der Waals surface area contributed by atoms with Gasteiger partial charge in [-0.3, -0.25) is 5.32 Å². The SMILES string of the molecule is COC(=O)Nc1cc(Cl)ccc1C(=O)O. The molecule has 80 valence electrons. The number of anilines is 1. The second-order valence-electron chi connectivity index (χ2n) is 2.61. The molecule has 5 nitrogen and oxygen atoms in total. The number of amides is 1. The number of methoxy groups -OCH3 is 1. The normalized spacial score (nSPS) is 9.47. The largest absolute Gasteiger partial charge is 0.478 e. The maximum atomic E-state index is 10.9. The van der Waals surface area contributed by atoms with Crippen molar-refractivity contribution < 1.29 is 19.4 Å². The summed E-state index contributed by atoms with van der Waals surface area (Å²) in [4.78, 5) is 21.7. The Bertz CT molecular complexity index is 405. The van der Waals surface area contributed by atoms with Gasteiger partial charge < -0.3 is 9.84 Å². The van der Waals surface area contributed by atoms with Gasteiger partial charge in [-0.15, -0.1) is 0 Å². The van der Waals surface area contributed by atoms with Crippen LogP contribution in [0.2, 0.25) is 5.02 Å². The summed E-state index contributed by atoms with van der Waals surface area (Å²) in [6.07, 6.45) is -0.750. The zero-order chi connectivity index (χ0) is 11.4. The van der Waals surface area contributed by atoms with Crippen LogP contribution in [0.4, 0.5) is 10.5 Å². The number of carboxylic acid groups (broad SMARTS) is 1. The molecular formula is C9H8ClNO4. The lowest BCUT2D eigenvalue weighted by molar-refractivity contribution is 0.0698. The van der Waals surface area contributed by atoms with Crippen molar-refractivity contribution in [3.63, 3.8) is 0 Å². The van der Waals surface area contributed by atoms with E-state index in [1.807, 2.05) is 0 Å². The third kappa shape index (κ3) is 2.85. The van der Waals surface area contributed by atoms with E-state index in [4.69, 9.17) is 16.7 Å². The molecule has 0 aliphatic heterocycles. The second-order valence-corrected chi connectivity index (χ2v) is 3.05. The Hall–Kier alpha value is -1.75. The smallest absolute Gasteiger partial charge is 0.411 e. The topological polar surface area (TPSA) is 75.6 Å². The molecule has 0 heterocycles. The zero-order valence-electron chi connectivity index (χ0n) is 7.78. The molecule has 1 rings (SSSR count). The molecule has 0 unspecified atom stereocenters. The summed E-state index contributed by atoms with van der Waals surface area (Å²) in [5.74, 6) is -1.15. The van der Waals surface area contributed by atoms with Crippen LogP contribution in [0.1, 0.15) is 10.4 Å². The van der Waals surface area contributed by atoms with E-state index in [0.717, 1.165) is 0 Å². The lowest BCUT2D eigenvalue weighted by atomic mass is 10.2. The fraction of sp³-hybridized carbons (Fsp3) is 0.111. The van der Waals surface area contributed by atoms with Crippen LogP contribution in [0, 0.1) is 0 Å². The van der Waals surface area contributed by atoms with Crippen LogP contribution in [0.5, 0.6) is 0 Å². The molecule has 0 radical (unpaired) electrons. The first kappa shape index (κ1) is 11.3. The Morgan fingerprint density at radius 2 is 2.13 bits per heavy atom. The summed E-state index contributed by atoms with van der Waals surface area (Å²) in [6, 6.07) is 4.06. The van der Waals surface area contributed by atoms with Crippen LogP contribution in [-0.2, 0) is 4.74 Å². The summed E-state index contributed by atoms with van der Waals surface area (Å²) in [5, 5.41) is 11.4. The molecule has 0 aromatic heterocycles. The predicted molar refractivity (Wildman–Crippen MR) is 54.4 cm³/mol. The van der Waals surface area contributed by atoms with Gasteiger partial charge in [0.05, 0.1) is 18.4 Å². The Morgan fingerprint density at radius 3 is 2.67 bits per heavy atom. The number of benzene rings is 1. The molecule has 1 aromatic rings. The Balaban J connectivity index is 3.07. The van der Waals surface area contributed by atoms with Gasteiger partial charge in [-0.2, -0.15) is 0 Å². The molecule has 6 heteroatoms. The fourth-order valence-electron chi connectivity index (χ4n) is 0.967. The van der Waals surface area contributed by atoms with Gasteiger partial charge in [0.15, 0.2) is 0 Å². The number of rotatable bonds is 2. The van der Waals surface area contributed by atoms with E-state index in [-0.39, 0.29) is 11.3 Å². The Morgan fingerprint density at radius 1 is 1.47 bits per heavy atom. The van der Waals surface area contributed by atoms with Crippen molar-refractivity contribution in [1.29, 1.82) is 0 Å². The van der Waals surface area contributed by atoms with Gasteiger partial charge >= 0.3 is 12.1 Å². The number of hydrogen-bond acceptors (Lipinski definition) is 3. The standard InChI is InChI=1S/C9H8ClNO4/c1-15-9(14)11-7-4-5(10)2-3-6(7)8(12)13/h2-4H,1H3,(H,11,14)(H,12,13). The first-order valence-corrected chi connectivity index (χ1v) is 4.30. The van der Waals surface area contributed by atoms with Crippen molar-refractivity contribution >= 4 is 29.4 Å². The van der Waals surface area contributed by atoms with Crippen molar-refractivity contribution in [2.75, 3.05) is 12.4 Å². The lowest BCUT2D eigenvalue weighted by Crippen LogP contribution is -2.14. The summed E-state index contributed by atoms with van der Waals surface area (Å²) in [5.41, 5.74) is 0.0478. The first-order chi connectivity index (χ1) is 7.04. The average Bonchev–Trinajstić information content (AvgIpc) is 2.17. The van der Waals surface area contributed by atoms with Gasteiger partial charge in [0.1, 0.15) is 0 Å². The van der Waals surface area contributed by atoms with E-state index in [1.165, 1.54) is 25.3 Å². The predicted octanol–water partition coefficient (Wildman–Crippen LogP) is 2.22. The number of aromatic carboxylic acids is 1. The first-order valence-electron chi connectivity index (χ1n) is 3.92. The van der Waals surface area contributed by atoms with Gasteiger partial charge in [0, 0.05) is 5.02 Å². The summed E-state index contributed by atoms with van der Waals surface area (Å²) in [7, 11) is 1.18. The van der Waals surface area contributed by atoms with Crippen molar-refractivity contribution in [2.24, 2.45) is 0 Å². The van der Waals surface area contributed by atoms with E-state index in [2.05, 4.69) is 10.1 Å². The van der Waals surface area contributed by atoms with Gasteiger partial charge in [-0.05, 0) is 18.2 Å². The summed E-state index contributed by atoms with van der Waals surface area (Å²) >= 11 is 5.66. The third-order valence-electron chi connectivity index (χ3n) is 1.63. The van der Waals surface area contributed by atoms with Crippen LogP contribution in [0.3, 0.4) is 0 Å². The highest BCUT2D eigenvalue weighted by Gasteiger charge is 2.12. The number of carbonyl (C=O) groups excluding carboxylic acids is 1. The molecule has 0 aliphatic carbocycles. The van der Waals surface area contributed by atoms with E-state index in [1.54, 1.807) is 0 Å². The molecule has 15 heavy (non-hydrogen) atoms. The highest BCUT2D eigenvalue weighted by atomic mass is 35.5. The maximum absolute atomic E-state index is 10.9. The third-order valence-corrected chi connectivity index (χ3v) is 1.87. The summed E-state index contributed by atoms with van der Waals surface area (Å²) in [6.45, 7) is 0. The molecule has 2 N–H and O–H groups in total. The minimum Gasteiger partial charge on any atom is -0.478 e. The monoisotopic (exact) mass is 229 g/mol. The van der Waals surface area contributed by atoms with E-state index < -0.39 is 12.1 Å². The average molecular weight is 230 g/mol. The van der Waals surface area contributed by atoms with E-state index in [9.17, 15) is 9.59 Å². The molecule has 1 aromatic carbocycles. The van der Waals surface area contributed by atoms with Crippen molar-refractivity contribution in [3.05, 3.63) is 28.8 Å². The van der Waals surface area contributed by atoms with Crippen LogP contribution in [0.15, 0.2) is 18.2 Å². The van der Waals surface area contributed by atoms with Gasteiger partial charge in [-0.25, -0.2) is 9.59 Å². The highest BCUT2D eigenvalue weighted by Crippen LogP contribution is 2.21. The lowest BCUT2D eigenvalue weighted by Gasteiger charge is -2.07. The van der Waals surface area contributed by atoms with Gasteiger partial charge in [-0.1, -0.05) is 11.6 Å². The van der Waals surface area contributed by atoms with Crippen molar-refractivity contribution in [2.45, 2.75) is 0 Å². The van der Waals surface area contributed by atoms with Crippen LogP contribution in [-0.4, -0.2) is 24.3 Å². The number of halogens is 1. The molecule has 1 amide bonds. The Labute approximate surface area is 90.6 Å². The minimum atomic E-state index is -1.15. The number of hydrogen-bond donors (Lipinski definition) is 2. The Kier molecular flexibility index (Phi) is 3.51. The number of carbonyl (C=O) groups is 2.